The van der Waals surface area contributed by atoms with Gasteiger partial charge in [0.2, 0.25) is 0 Å². The van der Waals surface area contributed by atoms with Crippen LogP contribution in [-0.4, -0.2) is 30.7 Å². The molecular formula is C22H27NO. The van der Waals surface area contributed by atoms with Gasteiger partial charge in [0.15, 0.2) is 0 Å². The van der Waals surface area contributed by atoms with Gasteiger partial charge in [-0.05, 0) is 30.9 Å². The van der Waals surface area contributed by atoms with Crippen LogP contribution < -0.4 is 0 Å². The summed E-state index contributed by atoms with van der Waals surface area (Å²) in [6, 6.07) is 19.3. The van der Waals surface area contributed by atoms with E-state index in [0.717, 1.165) is 26.2 Å². The van der Waals surface area contributed by atoms with Crippen LogP contribution in [0.4, 0.5) is 0 Å². The van der Waals surface area contributed by atoms with Crippen LogP contribution in [0.15, 0.2) is 60.7 Å². The van der Waals surface area contributed by atoms with Crippen LogP contribution in [0.25, 0.3) is 6.08 Å². The van der Waals surface area contributed by atoms with Crippen molar-refractivity contribution in [1.82, 2.24) is 4.90 Å². The zero-order valence-corrected chi connectivity index (χ0v) is 14.5. The summed E-state index contributed by atoms with van der Waals surface area (Å²) in [4.78, 5) is 2.49. The molecule has 2 nitrogen and oxygen atoms in total. The molecule has 0 spiro atoms. The Kier molecular flexibility index (Phi) is 6.22. The third-order valence-corrected chi connectivity index (χ3v) is 4.49. The van der Waals surface area contributed by atoms with Gasteiger partial charge < -0.3 is 4.74 Å². The predicted octanol–water partition coefficient (Wildman–Crippen LogP) is 4.69. The Bertz CT molecular complexity index is 627. The van der Waals surface area contributed by atoms with E-state index in [1.54, 1.807) is 0 Å². The fraction of sp³-hybridized carbons (Fsp3) is 0.364. The molecule has 2 heteroatoms. The number of hydrogen-bond donors (Lipinski definition) is 0. The van der Waals surface area contributed by atoms with Crippen LogP contribution in [0, 0.1) is 6.92 Å². The molecule has 1 heterocycles. The standard InChI is InChI=1S/C22H27NO/c1-19-11-13-21(14-12-19)17-23(18-22-10-6-16-24-22)15-5-9-20-7-3-2-4-8-20/h2-5,7-9,11-14,22H,6,10,15-18H2,1H3. The van der Waals surface area contributed by atoms with Crippen LogP contribution in [0.5, 0.6) is 0 Å². The molecule has 0 aliphatic carbocycles. The molecule has 2 aromatic rings. The van der Waals surface area contributed by atoms with E-state index in [1.165, 1.54) is 29.5 Å². The van der Waals surface area contributed by atoms with Crippen molar-refractivity contribution in [3.8, 4) is 0 Å². The molecule has 0 aromatic heterocycles. The maximum Gasteiger partial charge on any atom is 0.0703 e. The summed E-state index contributed by atoms with van der Waals surface area (Å²) in [5.74, 6) is 0. The molecular weight excluding hydrogens is 294 g/mol. The number of ether oxygens (including phenoxy) is 1. The lowest BCUT2D eigenvalue weighted by Crippen LogP contribution is -2.32. The minimum Gasteiger partial charge on any atom is -0.377 e. The topological polar surface area (TPSA) is 12.5 Å². The minimum atomic E-state index is 0.389. The molecule has 1 aliphatic heterocycles. The van der Waals surface area contributed by atoms with E-state index in [1.807, 2.05) is 0 Å². The first-order chi connectivity index (χ1) is 11.8. The van der Waals surface area contributed by atoms with E-state index in [2.05, 4.69) is 78.6 Å². The smallest absolute Gasteiger partial charge is 0.0703 e. The van der Waals surface area contributed by atoms with Gasteiger partial charge in [-0.2, -0.15) is 0 Å². The highest BCUT2D eigenvalue weighted by atomic mass is 16.5. The third kappa shape index (κ3) is 5.33. The Morgan fingerprint density at radius 1 is 1.08 bits per heavy atom. The highest BCUT2D eigenvalue weighted by Gasteiger charge is 2.18. The van der Waals surface area contributed by atoms with Gasteiger partial charge in [-0.15, -0.1) is 0 Å². The van der Waals surface area contributed by atoms with Crippen LogP contribution in [-0.2, 0) is 11.3 Å². The Morgan fingerprint density at radius 2 is 1.88 bits per heavy atom. The van der Waals surface area contributed by atoms with Crippen LogP contribution >= 0.6 is 0 Å². The van der Waals surface area contributed by atoms with Crippen LogP contribution in [0.1, 0.15) is 29.5 Å². The molecule has 0 saturated carbocycles. The maximum absolute atomic E-state index is 5.84. The van der Waals surface area contributed by atoms with Gasteiger partial charge >= 0.3 is 0 Å². The summed E-state index contributed by atoms with van der Waals surface area (Å²) in [7, 11) is 0. The minimum absolute atomic E-state index is 0.389. The van der Waals surface area contributed by atoms with Crippen molar-refractivity contribution in [3.63, 3.8) is 0 Å². The molecule has 2 aromatic carbocycles. The second-order valence-electron chi connectivity index (χ2n) is 6.63. The average molecular weight is 321 g/mol. The van der Waals surface area contributed by atoms with E-state index >= 15 is 0 Å². The zero-order chi connectivity index (χ0) is 16.6. The van der Waals surface area contributed by atoms with Gasteiger partial charge in [0, 0.05) is 26.2 Å². The van der Waals surface area contributed by atoms with Gasteiger partial charge in [0.1, 0.15) is 0 Å². The normalized spacial score (nSPS) is 17.8. The van der Waals surface area contributed by atoms with Crippen molar-refractivity contribution in [2.45, 2.75) is 32.4 Å². The summed E-state index contributed by atoms with van der Waals surface area (Å²) < 4.78 is 5.84. The largest absolute Gasteiger partial charge is 0.377 e. The van der Waals surface area contributed by atoms with Crippen molar-refractivity contribution in [3.05, 3.63) is 77.4 Å². The van der Waals surface area contributed by atoms with Gasteiger partial charge in [0.25, 0.3) is 0 Å². The Labute approximate surface area is 145 Å². The van der Waals surface area contributed by atoms with Crippen LogP contribution in [0.2, 0.25) is 0 Å². The second-order valence-corrected chi connectivity index (χ2v) is 6.63. The van der Waals surface area contributed by atoms with Crippen molar-refractivity contribution in [2.24, 2.45) is 0 Å². The highest BCUT2D eigenvalue weighted by molar-refractivity contribution is 5.48. The molecule has 0 amide bonds. The fourth-order valence-electron chi connectivity index (χ4n) is 3.13. The first-order valence-corrected chi connectivity index (χ1v) is 8.91. The highest BCUT2D eigenvalue weighted by Crippen LogP contribution is 2.15. The van der Waals surface area contributed by atoms with E-state index < -0.39 is 0 Å². The van der Waals surface area contributed by atoms with Crippen molar-refractivity contribution in [2.75, 3.05) is 19.7 Å². The third-order valence-electron chi connectivity index (χ3n) is 4.49. The molecule has 126 valence electrons. The molecule has 1 saturated heterocycles. The number of benzene rings is 2. The molecule has 1 aliphatic rings. The second kappa shape index (κ2) is 8.81. The van der Waals surface area contributed by atoms with Crippen LogP contribution in [0.3, 0.4) is 0 Å². The summed E-state index contributed by atoms with van der Waals surface area (Å²) in [5.41, 5.74) is 3.94. The number of nitrogens with zero attached hydrogens (tertiary/aromatic N) is 1. The van der Waals surface area contributed by atoms with Crippen molar-refractivity contribution >= 4 is 6.08 Å². The molecule has 0 N–H and O–H groups in total. The van der Waals surface area contributed by atoms with E-state index in [9.17, 15) is 0 Å². The molecule has 3 rings (SSSR count). The molecule has 0 bridgehead atoms. The van der Waals surface area contributed by atoms with E-state index in [-0.39, 0.29) is 0 Å². The quantitative estimate of drug-likeness (QED) is 0.733. The molecule has 1 fully saturated rings. The average Bonchev–Trinajstić information content (AvgIpc) is 3.11. The lowest BCUT2D eigenvalue weighted by Gasteiger charge is -2.24. The van der Waals surface area contributed by atoms with Gasteiger partial charge in [0.05, 0.1) is 6.10 Å². The summed E-state index contributed by atoms with van der Waals surface area (Å²) in [6.07, 6.45) is 7.24. The Balaban J connectivity index is 1.62. The first kappa shape index (κ1) is 16.9. The van der Waals surface area contributed by atoms with Crippen molar-refractivity contribution in [1.29, 1.82) is 0 Å². The SMILES string of the molecule is Cc1ccc(CN(CC=Cc2ccccc2)CC2CCCO2)cc1. The van der Waals surface area contributed by atoms with Gasteiger partial charge in [-0.1, -0.05) is 72.3 Å². The lowest BCUT2D eigenvalue weighted by molar-refractivity contribution is 0.0747. The van der Waals surface area contributed by atoms with E-state index in [0.29, 0.717) is 6.10 Å². The van der Waals surface area contributed by atoms with E-state index in [4.69, 9.17) is 4.74 Å². The van der Waals surface area contributed by atoms with Gasteiger partial charge in [-0.25, -0.2) is 0 Å². The predicted molar refractivity (Wildman–Crippen MR) is 101 cm³/mol. The summed E-state index contributed by atoms with van der Waals surface area (Å²) in [5, 5.41) is 0. The molecule has 1 atom stereocenters. The summed E-state index contributed by atoms with van der Waals surface area (Å²) >= 11 is 0. The Hall–Kier alpha value is -1.90. The number of rotatable bonds is 7. The maximum atomic E-state index is 5.84. The van der Waals surface area contributed by atoms with Gasteiger partial charge in [-0.3, -0.25) is 4.90 Å². The molecule has 1 unspecified atom stereocenters. The first-order valence-electron chi connectivity index (χ1n) is 8.91. The zero-order valence-electron chi connectivity index (χ0n) is 14.5. The molecule has 0 radical (unpaired) electrons. The fourth-order valence-corrected chi connectivity index (χ4v) is 3.13. The Morgan fingerprint density at radius 3 is 2.58 bits per heavy atom. The molecule has 24 heavy (non-hydrogen) atoms. The summed E-state index contributed by atoms with van der Waals surface area (Å²) in [6.45, 7) is 5.98. The monoisotopic (exact) mass is 321 g/mol. The van der Waals surface area contributed by atoms with Crippen molar-refractivity contribution < 1.29 is 4.74 Å². The lowest BCUT2D eigenvalue weighted by atomic mass is 10.1. The number of aryl methyl sites for hydroxylation is 1. The number of hydrogen-bond acceptors (Lipinski definition) is 2.